The van der Waals surface area contributed by atoms with E-state index < -0.39 is 0 Å². The molecule has 1 heteroatoms. The molecule has 0 aliphatic carbocycles. The average molecular weight is 202 g/mol. The van der Waals surface area contributed by atoms with Crippen molar-refractivity contribution in [2.75, 3.05) is 0 Å². The Kier molecular flexibility index (Phi) is 2.69. The van der Waals surface area contributed by atoms with E-state index >= 15 is 0 Å². The molecule has 0 fully saturated rings. The molecule has 72 valence electrons. The molecule has 0 amide bonds. The Balaban J connectivity index is 2.56. The van der Waals surface area contributed by atoms with Gasteiger partial charge in [0.1, 0.15) is 0 Å². The first-order valence-electron chi connectivity index (χ1n) is 4.95. The van der Waals surface area contributed by atoms with Crippen molar-refractivity contribution in [1.82, 2.24) is 0 Å². The molecule has 0 nitrogen and oxygen atoms in total. The summed E-state index contributed by atoms with van der Waals surface area (Å²) in [5.41, 5.74) is 4.23. The highest BCUT2D eigenvalue weighted by Crippen LogP contribution is 2.31. The fourth-order valence-corrected chi connectivity index (χ4v) is 2.69. The Morgan fingerprint density at radius 1 is 1.14 bits per heavy atom. The van der Waals surface area contributed by atoms with Crippen LogP contribution in [0, 0.1) is 6.92 Å². The van der Waals surface area contributed by atoms with Gasteiger partial charge in [0.05, 0.1) is 0 Å². The lowest BCUT2D eigenvalue weighted by atomic mass is 10.0. The van der Waals surface area contributed by atoms with E-state index in [1.807, 2.05) is 11.3 Å². The van der Waals surface area contributed by atoms with Crippen molar-refractivity contribution < 1.29 is 0 Å². The van der Waals surface area contributed by atoms with Crippen LogP contribution in [0.4, 0.5) is 0 Å². The molecule has 2 rings (SSSR count). The normalized spacial score (nSPS) is 10.4. The standard InChI is InChI=1S/C13H14S/c1-3-11-6-4-5-7-12(11)13-10(2)8-9-14-13/h4-9H,3H2,1-2H3. The van der Waals surface area contributed by atoms with E-state index in [2.05, 4.69) is 49.6 Å². The first-order chi connectivity index (χ1) is 6.83. The zero-order chi connectivity index (χ0) is 9.97. The molecule has 0 radical (unpaired) electrons. The SMILES string of the molecule is CCc1ccccc1-c1sccc1C. The van der Waals surface area contributed by atoms with Crippen molar-refractivity contribution in [2.24, 2.45) is 0 Å². The molecule has 1 heterocycles. The van der Waals surface area contributed by atoms with Crippen LogP contribution in [0.25, 0.3) is 10.4 Å². The Morgan fingerprint density at radius 2 is 1.93 bits per heavy atom. The van der Waals surface area contributed by atoms with Crippen LogP contribution < -0.4 is 0 Å². The summed E-state index contributed by atoms with van der Waals surface area (Å²) in [5.74, 6) is 0. The Labute approximate surface area is 89.2 Å². The number of benzene rings is 1. The van der Waals surface area contributed by atoms with Gasteiger partial charge in [0.25, 0.3) is 0 Å². The lowest BCUT2D eigenvalue weighted by Crippen LogP contribution is -1.85. The van der Waals surface area contributed by atoms with Gasteiger partial charge in [-0.05, 0) is 41.5 Å². The topological polar surface area (TPSA) is 0 Å². The van der Waals surface area contributed by atoms with E-state index in [1.54, 1.807) is 0 Å². The minimum absolute atomic E-state index is 1.10. The fourth-order valence-electron chi connectivity index (χ4n) is 1.70. The zero-order valence-electron chi connectivity index (χ0n) is 8.58. The molecule has 14 heavy (non-hydrogen) atoms. The van der Waals surface area contributed by atoms with Crippen molar-refractivity contribution in [3.8, 4) is 10.4 Å². The summed E-state index contributed by atoms with van der Waals surface area (Å²) < 4.78 is 0. The molecule has 2 aromatic rings. The van der Waals surface area contributed by atoms with Crippen LogP contribution in [0.3, 0.4) is 0 Å². The molecule has 0 N–H and O–H groups in total. The van der Waals surface area contributed by atoms with Crippen molar-refractivity contribution >= 4 is 11.3 Å². The van der Waals surface area contributed by atoms with Crippen molar-refractivity contribution in [3.63, 3.8) is 0 Å². The molecular formula is C13H14S. The molecule has 1 aromatic carbocycles. The Hall–Kier alpha value is -1.08. The third-order valence-corrected chi connectivity index (χ3v) is 3.55. The summed E-state index contributed by atoms with van der Waals surface area (Å²) in [7, 11) is 0. The maximum atomic E-state index is 2.22. The van der Waals surface area contributed by atoms with Gasteiger partial charge in [-0.15, -0.1) is 11.3 Å². The largest absolute Gasteiger partial charge is 0.144 e. The number of thiophene rings is 1. The van der Waals surface area contributed by atoms with E-state index in [4.69, 9.17) is 0 Å². The average Bonchev–Trinajstić information content (AvgIpc) is 2.64. The number of hydrogen-bond acceptors (Lipinski definition) is 1. The molecule has 0 aliphatic heterocycles. The minimum Gasteiger partial charge on any atom is -0.144 e. The highest BCUT2D eigenvalue weighted by molar-refractivity contribution is 7.13. The fraction of sp³-hybridized carbons (Fsp3) is 0.231. The van der Waals surface area contributed by atoms with Gasteiger partial charge in [-0.2, -0.15) is 0 Å². The second-order valence-electron chi connectivity index (χ2n) is 3.44. The summed E-state index contributed by atoms with van der Waals surface area (Å²) in [6.45, 7) is 4.39. The minimum atomic E-state index is 1.10. The van der Waals surface area contributed by atoms with E-state index in [0.717, 1.165) is 6.42 Å². The van der Waals surface area contributed by atoms with Crippen LogP contribution >= 0.6 is 11.3 Å². The number of rotatable bonds is 2. The summed E-state index contributed by atoms with van der Waals surface area (Å²) in [6.07, 6.45) is 1.10. The second kappa shape index (κ2) is 3.97. The lowest BCUT2D eigenvalue weighted by Gasteiger charge is -2.06. The quantitative estimate of drug-likeness (QED) is 0.681. The van der Waals surface area contributed by atoms with Gasteiger partial charge in [0.15, 0.2) is 0 Å². The van der Waals surface area contributed by atoms with E-state index in [-0.39, 0.29) is 0 Å². The lowest BCUT2D eigenvalue weighted by molar-refractivity contribution is 1.14. The van der Waals surface area contributed by atoms with Gasteiger partial charge in [-0.25, -0.2) is 0 Å². The molecule has 0 unspecified atom stereocenters. The summed E-state index contributed by atoms with van der Waals surface area (Å²) in [5, 5.41) is 2.16. The van der Waals surface area contributed by atoms with Crippen LogP contribution in [0.1, 0.15) is 18.1 Å². The molecule has 0 aliphatic rings. The van der Waals surface area contributed by atoms with E-state index in [1.165, 1.54) is 21.6 Å². The van der Waals surface area contributed by atoms with Gasteiger partial charge >= 0.3 is 0 Å². The van der Waals surface area contributed by atoms with Gasteiger partial charge in [-0.3, -0.25) is 0 Å². The smallest absolute Gasteiger partial charge is 0.0374 e. The van der Waals surface area contributed by atoms with Crippen LogP contribution in [-0.4, -0.2) is 0 Å². The monoisotopic (exact) mass is 202 g/mol. The molecular weight excluding hydrogens is 188 g/mol. The van der Waals surface area contributed by atoms with E-state index in [9.17, 15) is 0 Å². The first kappa shape index (κ1) is 9.47. The summed E-state index contributed by atoms with van der Waals surface area (Å²) >= 11 is 1.83. The van der Waals surface area contributed by atoms with Crippen molar-refractivity contribution in [1.29, 1.82) is 0 Å². The zero-order valence-corrected chi connectivity index (χ0v) is 9.40. The third kappa shape index (κ3) is 1.60. The molecule has 0 saturated heterocycles. The number of hydrogen-bond donors (Lipinski definition) is 0. The highest BCUT2D eigenvalue weighted by atomic mass is 32.1. The van der Waals surface area contributed by atoms with Crippen molar-refractivity contribution in [2.45, 2.75) is 20.3 Å². The van der Waals surface area contributed by atoms with Crippen LogP contribution in [0.5, 0.6) is 0 Å². The number of aryl methyl sites for hydroxylation is 2. The predicted molar refractivity (Wildman–Crippen MR) is 63.9 cm³/mol. The predicted octanol–water partition coefficient (Wildman–Crippen LogP) is 4.29. The highest BCUT2D eigenvalue weighted by Gasteiger charge is 2.06. The van der Waals surface area contributed by atoms with Crippen LogP contribution in [0.2, 0.25) is 0 Å². The molecule has 0 saturated carbocycles. The van der Waals surface area contributed by atoms with Crippen molar-refractivity contribution in [3.05, 3.63) is 46.8 Å². The molecule has 0 atom stereocenters. The summed E-state index contributed by atoms with van der Waals surface area (Å²) in [6, 6.07) is 10.9. The second-order valence-corrected chi connectivity index (χ2v) is 4.36. The third-order valence-electron chi connectivity index (χ3n) is 2.50. The van der Waals surface area contributed by atoms with Gasteiger partial charge in [-0.1, -0.05) is 31.2 Å². The Bertz CT molecular complexity index is 426. The van der Waals surface area contributed by atoms with E-state index in [0.29, 0.717) is 0 Å². The van der Waals surface area contributed by atoms with Gasteiger partial charge < -0.3 is 0 Å². The maximum Gasteiger partial charge on any atom is 0.0374 e. The molecule has 1 aromatic heterocycles. The first-order valence-corrected chi connectivity index (χ1v) is 5.83. The van der Waals surface area contributed by atoms with Gasteiger partial charge in [0.2, 0.25) is 0 Å². The molecule has 0 bridgehead atoms. The van der Waals surface area contributed by atoms with Crippen LogP contribution in [0.15, 0.2) is 35.7 Å². The Morgan fingerprint density at radius 3 is 2.57 bits per heavy atom. The van der Waals surface area contributed by atoms with Crippen LogP contribution in [-0.2, 0) is 6.42 Å². The maximum absolute atomic E-state index is 2.22. The van der Waals surface area contributed by atoms with Gasteiger partial charge in [0, 0.05) is 4.88 Å². The molecule has 0 spiro atoms. The summed E-state index contributed by atoms with van der Waals surface area (Å²) in [4.78, 5) is 1.42.